The molecule has 0 atom stereocenters. The van der Waals surface area contributed by atoms with Gasteiger partial charge in [0.1, 0.15) is 5.00 Å². The van der Waals surface area contributed by atoms with Crippen LogP contribution in [0.15, 0.2) is 237 Å². The van der Waals surface area contributed by atoms with Gasteiger partial charge in [0.2, 0.25) is 5.75 Å². The molecule has 0 radical (unpaired) electrons. The topological polar surface area (TPSA) is 21.7 Å². The maximum atomic E-state index is 7.04. The lowest BCUT2D eigenvalue weighted by Gasteiger charge is -2.35. The molecule has 298 valence electrons. The van der Waals surface area contributed by atoms with Crippen molar-refractivity contribution in [2.45, 2.75) is 5.41 Å². The molecule has 1 aliphatic carbocycles. The van der Waals surface area contributed by atoms with Crippen LogP contribution < -0.4 is 14.4 Å². The van der Waals surface area contributed by atoms with Crippen LogP contribution in [0.2, 0.25) is 0 Å². The monoisotopic (exact) mass is 825 g/mol. The molecule has 2 heterocycles. The Hall–Kier alpha value is -7.92. The third-order valence-electron chi connectivity index (χ3n) is 12.4. The summed E-state index contributed by atoms with van der Waals surface area (Å²) in [6.45, 7) is 0. The van der Waals surface area contributed by atoms with Gasteiger partial charge < -0.3 is 9.47 Å². The van der Waals surface area contributed by atoms with Crippen molar-refractivity contribution >= 4 is 27.7 Å². The summed E-state index contributed by atoms with van der Waals surface area (Å²) >= 11 is 1.69. The van der Waals surface area contributed by atoms with Gasteiger partial charge in [-0.2, -0.15) is 0 Å². The third kappa shape index (κ3) is 6.02. The van der Waals surface area contributed by atoms with Gasteiger partial charge in [-0.25, -0.2) is 0 Å². The second-order valence-electron chi connectivity index (χ2n) is 16.0. The molecular weight excluding hydrogens is 787 g/mol. The average molecular weight is 826 g/mol. The molecule has 0 spiro atoms. The van der Waals surface area contributed by atoms with Crippen molar-refractivity contribution in [1.82, 2.24) is 0 Å². The first-order valence-electron chi connectivity index (χ1n) is 21.3. The Balaban J connectivity index is 1.17. The summed E-state index contributed by atoms with van der Waals surface area (Å²) in [5, 5.41) is 0.920. The standard InChI is InChI=1S/C59H39NO2S/c1-6-20-40(21-7-1)43-34-37-52(49(38-43)41-22-8-2-9-23-41)60(58-56-55(57(63-58)42-24-10-3-11-25-42)61-53-32-18-19-33-54(53)62-56)46-35-36-48-47-30-16-17-31-50(47)59(51(48)39-46,44-26-12-4-13-27-44)45-28-14-5-15-29-45/h1-39H. The van der Waals surface area contributed by atoms with Gasteiger partial charge in [-0.1, -0.05) is 200 Å². The van der Waals surface area contributed by atoms with Gasteiger partial charge in [0.15, 0.2) is 17.2 Å². The molecule has 0 unspecified atom stereocenters. The molecular formula is C59H39NO2S. The highest BCUT2D eigenvalue weighted by molar-refractivity contribution is 7.20. The first-order chi connectivity index (χ1) is 31.3. The van der Waals surface area contributed by atoms with Gasteiger partial charge in [0.25, 0.3) is 0 Å². The summed E-state index contributed by atoms with van der Waals surface area (Å²) in [7, 11) is 0. The lowest BCUT2D eigenvalue weighted by atomic mass is 9.67. The van der Waals surface area contributed by atoms with Crippen LogP contribution in [0, 0.1) is 0 Å². The van der Waals surface area contributed by atoms with Crippen molar-refractivity contribution < 1.29 is 9.47 Å². The highest BCUT2D eigenvalue weighted by Crippen LogP contribution is 2.63. The number of rotatable bonds is 8. The summed E-state index contributed by atoms with van der Waals surface area (Å²) < 4.78 is 13.9. The minimum Gasteiger partial charge on any atom is -0.448 e. The van der Waals surface area contributed by atoms with Gasteiger partial charge in [0.05, 0.1) is 16.0 Å². The summed E-state index contributed by atoms with van der Waals surface area (Å²) in [4.78, 5) is 3.41. The Morgan fingerprint density at radius 3 is 1.54 bits per heavy atom. The maximum absolute atomic E-state index is 7.04. The van der Waals surface area contributed by atoms with E-state index in [2.05, 4.69) is 217 Å². The molecule has 0 bridgehead atoms. The largest absolute Gasteiger partial charge is 0.448 e. The zero-order valence-corrected chi connectivity index (χ0v) is 35.0. The van der Waals surface area contributed by atoms with Crippen LogP contribution in [0.4, 0.5) is 16.4 Å². The first-order valence-corrected chi connectivity index (χ1v) is 22.1. The van der Waals surface area contributed by atoms with E-state index in [0.29, 0.717) is 23.0 Å². The first kappa shape index (κ1) is 36.9. The number of ether oxygens (including phenoxy) is 2. The number of hydrogen-bond acceptors (Lipinski definition) is 4. The number of benzene rings is 9. The van der Waals surface area contributed by atoms with E-state index >= 15 is 0 Å². The van der Waals surface area contributed by atoms with Gasteiger partial charge in [-0.15, -0.1) is 11.3 Å². The fourth-order valence-electron chi connectivity index (χ4n) is 9.67. The minimum atomic E-state index is -0.585. The van der Waals surface area contributed by atoms with Crippen molar-refractivity contribution in [2.75, 3.05) is 4.90 Å². The van der Waals surface area contributed by atoms with Gasteiger partial charge in [-0.05, 0) is 92.0 Å². The van der Waals surface area contributed by atoms with Crippen LogP contribution in [0.5, 0.6) is 23.0 Å². The predicted octanol–water partition coefficient (Wildman–Crippen LogP) is 16.5. The van der Waals surface area contributed by atoms with E-state index < -0.39 is 5.41 Å². The Bertz CT molecular complexity index is 3230. The van der Waals surface area contributed by atoms with Crippen molar-refractivity contribution in [2.24, 2.45) is 0 Å². The molecule has 63 heavy (non-hydrogen) atoms. The van der Waals surface area contributed by atoms with E-state index in [0.717, 1.165) is 49.1 Å². The molecule has 1 aromatic heterocycles. The van der Waals surface area contributed by atoms with Crippen LogP contribution in [-0.2, 0) is 5.41 Å². The molecule has 1 aliphatic heterocycles. The minimum absolute atomic E-state index is 0.585. The summed E-state index contributed by atoms with van der Waals surface area (Å²) in [6, 6.07) is 84.6. The number of hydrogen-bond donors (Lipinski definition) is 0. The number of para-hydroxylation sites is 2. The van der Waals surface area contributed by atoms with Crippen molar-refractivity contribution in [3.8, 4) is 66.8 Å². The number of anilines is 3. The highest BCUT2D eigenvalue weighted by atomic mass is 32.1. The van der Waals surface area contributed by atoms with Crippen LogP contribution in [0.1, 0.15) is 22.3 Å². The van der Waals surface area contributed by atoms with Crippen molar-refractivity contribution in [3.05, 3.63) is 259 Å². The van der Waals surface area contributed by atoms with Crippen LogP contribution in [-0.4, -0.2) is 0 Å². The molecule has 0 N–H and O–H groups in total. The third-order valence-corrected chi connectivity index (χ3v) is 13.6. The smallest absolute Gasteiger partial charge is 0.205 e. The molecule has 0 fully saturated rings. The average Bonchev–Trinajstić information content (AvgIpc) is 3.88. The fraction of sp³-hybridized carbons (Fsp3) is 0.0169. The zero-order valence-electron chi connectivity index (χ0n) is 34.2. The van der Waals surface area contributed by atoms with Crippen LogP contribution >= 0.6 is 11.3 Å². The van der Waals surface area contributed by atoms with Gasteiger partial charge >= 0.3 is 0 Å². The summed E-state index contributed by atoms with van der Waals surface area (Å²) in [6.07, 6.45) is 0. The molecule has 10 aromatic rings. The summed E-state index contributed by atoms with van der Waals surface area (Å²) in [5.41, 5.74) is 14.4. The quantitative estimate of drug-likeness (QED) is 0.152. The molecule has 0 saturated heterocycles. The zero-order chi connectivity index (χ0) is 41.7. The fourth-order valence-corrected chi connectivity index (χ4v) is 10.9. The number of thiophene rings is 1. The Morgan fingerprint density at radius 1 is 0.365 bits per heavy atom. The van der Waals surface area contributed by atoms with Crippen LogP contribution in [0.25, 0.3) is 43.8 Å². The summed E-state index contributed by atoms with van der Waals surface area (Å²) in [5.74, 6) is 2.78. The second kappa shape index (κ2) is 15.2. The molecule has 2 aliphatic rings. The maximum Gasteiger partial charge on any atom is 0.205 e. The van der Waals surface area contributed by atoms with E-state index in [1.165, 1.54) is 33.4 Å². The van der Waals surface area contributed by atoms with E-state index in [4.69, 9.17) is 9.47 Å². The van der Waals surface area contributed by atoms with Crippen LogP contribution in [0.3, 0.4) is 0 Å². The van der Waals surface area contributed by atoms with E-state index in [1.54, 1.807) is 11.3 Å². The van der Waals surface area contributed by atoms with E-state index in [9.17, 15) is 0 Å². The number of fused-ring (bicyclic) bond motifs is 5. The van der Waals surface area contributed by atoms with Gasteiger partial charge in [-0.3, -0.25) is 4.90 Å². The van der Waals surface area contributed by atoms with Crippen molar-refractivity contribution in [3.63, 3.8) is 0 Å². The SMILES string of the molecule is c1ccc(-c2ccc(N(c3ccc4c(c3)C(c3ccccc3)(c3ccccc3)c3ccccc3-4)c3sc(-c4ccccc4)c4c3Oc3ccccc3O4)c(-c3ccccc3)c2)cc1. The Morgan fingerprint density at radius 2 is 0.889 bits per heavy atom. The Kier molecular flexibility index (Phi) is 8.91. The molecule has 9 aromatic carbocycles. The number of nitrogens with zero attached hydrogens (tertiary/aromatic N) is 1. The van der Waals surface area contributed by atoms with E-state index in [-0.39, 0.29) is 0 Å². The highest BCUT2D eigenvalue weighted by Gasteiger charge is 2.46. The second-order valence-corrected chi connectivity index (χ2v) is 17.0. The predicted molar refractivity (Wildman–Crippen MR) is 259 cm³/mol. The lowest BCUT2D eigenvalue weighted by Crippen LogP contribution is -2.28. The van der Waals surface area contributed by atoms with Crippen molar-refractivity contribution in [1.29, 1.82) is 0 Å². The normalized spacial score (nSPS) is 12.8. The molecule has 0 saturated carbocycles. The van der Waals surface area contributed by atoms with Gasteiger partial charge in [0, 0.05) is 11.3 Å². The molecule has 0 amide bonds. The molecule has 12 rings (SSSR count). The van der Waals surface area contributed by atoms with E-state index in [1.807, 2.05) is 24.3 Å². The Labute approximate surface area is 371 Å². The molecule has 3 nitrogen and oxygen atoms in total. The molecule has 4 heteroatoms. The lowest BCUT2D eigenvalue weighted by molar-refractivity contribution is 0.364.